The molecule has 2 N–H and O–H groups in total. The van der Waals surface area contributed by atoms with Crippen LogP contribution in [0.5, 0.6) is 0 Å². The van der Waals surface area contributed by atoms with Crippen LogP contribution in [0, 0.1) is 0 Å². The molecular weight excluding hydrogens is 225 g/mol. The van der Waals surface area contributed by atoms with Gasteiger partial charge in [0, 0.05) is 0 Å². The zero-order valence-electron chi connectivity index (χ0n) is 8.99. The third-order valence-corrected chi connectivity index (χ3v) is 2.52. The zero-order valence-corrected chi connectivity index (χ0v) is 8.99. The molecule has 1 aliphatic heterocycles. The second-order valence-electron chi connectivity index (χ2n) is 4.05. The molecule has 1 atom stereocenters. The van der Waals surface area contributed by atoms with Gasteiger partial charge >= 0.3 is 6.18 Å². The van der Waals surface area contributed by atoms with Gasteiger partial charge in [-0.3, -0.25) is 9.63 Å². The fraction of sp³-hybridized carbons (Fsp3) is 0.889. The second kappa shape index (κ2) is 5.01. The Hall–Kier alpha value is -0.820. The summed E-state index contributed by atoms with van der Waals surface area (Å²) in [4.78, 5) is 15.7. The lowest BCUT2D eigenvalue weighted by Gasteiger charge is -2.33. The van der Waals surface area contributed by atoms with Gasteiger partial charge in [-0.15, -0.1) is 0 Å². The van der Waals surface area contributed by atoms with Crippen LogP contribution in [0.4, 0.5) is 13.2 Å². The Labute approximate surface area is 91.5 Å². The molecule has 1 fully saturated rings. The average Bonchev–Trinajstić information content (AvgIpc) is 2.16. The van der Waals surface area contributed by atoms with Crippen molar-refractivity contribution in [2.24, 2.45) is 0 Å². The summed E-state index contributed by atoms with van der Waals surface area (Å²) in [6, 6.07) is 0. The molecule has 16 heavy (non-hydrogen) atoms. The molecule has 94 valence electrons. The highest BCUT2D eigenvalue weighted by molar-refractivity contribution is 5.85. The minimum absolute atomic E-state index is 0.559. The number of halogens is 3. The van der Waals surface area contributed by atoms with Crippen LogP contribution in [0.25, 0.3) is 0 Å². The van der Waals surface area contributed by atoms with Crippen LogP contribution >= 0.6 is 0 Å². The van der Waals surface area contributed by atoms with E-state index in [0.717, 1.165) is 12.8 Å². The van der Waals surface area contributed by atoms with Crippen LogP contribution in [0.1, 0.15) is 26.2 Å². The SMILES string of the molecule is CC1(C(=O)NOCC(F)(F)F)CCCCN1. The minimum atomic E-state index is -4.44. The van der Waals surface area contributed by atoms with Crippen molar-refractivity contribution in [2.75, 3.05) is 13.2 Å². The number of rotatable bonds is 3. The van der Waals surface area contributed by atoms with Gasteiger partial charge in [0.1, 0.15) is 0 Å². The van der Waals surface area contributed by atoms with Crippen molar-refractivity contribution in [1.29, 1.82) is 0 Å². The van der Waals surface area contributed by atoms with E-state index < -0.39 is 24.2 Å². The molecule has 0 saturated carbocycles. The Kier molecular flexibility index (Phi) is 4.15. The van der Waals surface area contributed by atoms with E-state index in [0.29, 0.717) is 13.0 Å². The van der Waals surface area contributed by atoms with Gasteiger partial charge < -0.3 is 5.32 Å². The number of carbonyl (C=O) groups excluding carboxylic acids is 1. The van der Waals surface area contributed by atoms with Crippen LogP contribution in [-0.2, 0) is 9.63 Å². The minimum Gasteiger partial charge on any atom is -0.303 e. The molecule has 1 unspecified atom stereocenters. The molecule has 0 aromatic heterocycles. The summed E-state index contributed by atoms with van der Waals surface area (Å²) in [6.07, 6.45) is -2.01. The van der Waals surface area contributed by atoms with E-state index in [1.54, 1.807) is 6.92 Å². The first-order valence-electron chi connectivity index (χ1n) is 5.07. The molecule has 1 heterocycles. The molecule has 1 aliphatic rings. The number of nitrogens with one attached hydrogen (secondary N) is 2. The van der Waals surface area contributed by atoms with E-state index in [4.69, 9.17) is 0 Å². The topological polar surface area (TPSA) is 50.4 Å². The smallest absolute Gasteiger partial charge is 0.303 e. The summed E-state index contributed by atoms with van der Waals surface area (Å²) in [5, 5.41) is 2.97. The van der Waals surface area contributed by atoms with Crippen molar-refractivity contribution in [3.8, 4) is 0 Å². The largest absolute Gasteiger partial charge is 0.414 e. The fourth-order valence-electron chi connectivity index (χ4n) is 1.55. The van der Waals surface area contributed by atoms with Crippen molar-refractivity contribution < 1.29 is 22.8 Å². The third-order valence-electron chi connectivity index (χ3n) is 2.52. The highest BCUT2D eigenvalue weighted by atomic mass is 19.4. The Morgan fingerprint density at radius 1 is 1.50 bits per heavy atom. The van der Waals surface area contributed by atoms with Gasteiger partial charge in [-0.1, -0.05) is 0 Å². The first-order valence-corrected chi connectivity index (χ1v) is 5.07. The third kappa shape index (κ3) is 3.97. The normalized spacial score (nSPS) is 26.5. The van der Waals surface area contributed by atoms with Crippen molar-refractivity contribution >= 4 is 5.91 Å². The summed E-state index contributed by atoms with van der Waals surface area (Å²) in [5.74, 6) is -0.559. The van der Waals surface area contributed by atoms with Gasteiger partial charge in [0.15, 0.2) is 6.61 Å². The first-order chi connectivity index (χ1) is 7.33. The zero-order chi connectivity index (χ0) is 12.2. The molecule has 0 aromatic rings. The molecule has 1 rings (SSSR count). The Morgan fingerprint density at radius 2 is 2.19 bits per heavy atom. The number of carbonyl (C=O) groups is 1. The first kappa shape index (κ1) is 13.2. The lowest BCUT2D eigenvalue weighted by atomic mass is 9.90. The van der Waals surface area contributed by atoms with Crippen LogP contribution in [0.15, 0.2) is 0 Å². The van der Waals surface area contributed by atoms with Gasteiger partial charge in [0.25, 0.3) is 5.91 Å². The summed E-state index contributed by atoms with van der Waals surface area (Å²) < 4.78 is 35.3. The molecule has 4 nitrogen and oxygen atoms in total. The summed E-state index contributed by atoms with van der Waals surface area (Å²) in [6.45, 7) is 0.858. The van der Waals surface area contributed by atoms with Crippen molar-refractivity contribution in [2.45, 2.75) is 37.9 Å². The second-order valence-corrected chi connectivity index (χ2v) is 4.05. The molecule has 0 spiro atoms. The quantitative estimate of drug-likeness (QED) is 0.727. The maximum atomic E-state index is 11.8. The van der Waals surface area contributed by atoms with Gasteiger partial charge in [0.05, 0.1) is 5.54 Å². The highest BCUT2D eigenvalue weighted by Gasteiger charge is 2.35. The van der Waals surface area contributed by atoms with E-state index >= 15 is 0 Å². The van der Waals surface area contributed by atoms with E-state index in [1.807, 2.05) is 5.48 Å². The van der Waals surface area contributed by atoms with Gasteiger partial charge in [-0.2, -0.15) is 13.2 Å². The Bertz CT molecular complexity index is 250. The van der Waals surface area contributed by atoms with Gasteiger partial charge in [0.2, 0.25) is 0 Å². The molecule has 0 radical (unpaired) electrons. The highest BCUT2D eigenvalue weighted by Crippen LogP contribution is 2.19. The predicted molar refractivity (Wildman–Crippen MR) is 50.4 cm³/mol. The van der Waals surface area contributed by atoms with E-state index in [-0.39, 0.29) is 0 Å². The summed E-state index contributed by atoms with van der Waals surface area (Å²) in [7, 11) is 0. The van der Waals surface area contributed by atoms with Crippen LogP contribution in [0.3, 0.4) is 0 Å². The molecule has 1 saturated heterocycles. The summed E-state index contributed by atoms with van der Waals surface area (Å²) >= 11 is 0. The maximum Gasteiger partial charge on any atom is 0.414 e. The number of alkyl halides is 3. The van der Waals surface area contributed by atoms with Gasteiger partial charge in [-0.05, 0) is 32.7 Å². The van der Waals surface area contributed by atoms with E-state index in [2.05, 4.69) is 10.2 Å². The Balaban J connectivity index is 2.34. The monoisotopic (exact) mass is 240 g/mol. The van der Waals surface area contributed by atoms with E-state index in [9.17, 15) is 18.0 Å². The molecule has 0 aliphatic carbocycles. The maximum absolute atomic E-state index is 11.8. The molecule has 1 amide bonds. The lowest BCUT2D eigenvalue weighted by molar-refractivity contribution is -0.193. The molecular formula is C9H15F3N2O2. The molecule has 0 bridgehead atoms. The fourth-order valence-corrected chi connectivity index (χ4v) is 1.55. The number of hydrogen-bond acceptors (Lipinski definition) is 3. The molecule has 7 heteroatoms. The van der Waals surface area contributed by atoms with Gasteiger partial charge in [-0.25, -0.2) is 5.48 Å². The predicted octanol–water partition coefficient (Wildman–Crippen LogP) is 1.13. The van der Waals surface area contributed by atoms with E-state index in [1.165, 1.54) is 0 Å². The Morgan fingerprint density at radius 3 is 2.69 bits per heavy atom. The number of hydroxylamine groups is 1. The number of piperidine rings is 1. The molecule has 0 aromatic carbocycles. The standard InChI is InChI=1S/C9H15F3N2O2/c1-8(4-2-3-5-13-8)7(15)14-16-6-9(10,11)12/h13H,2-6H2,1H3,(H,14,15). The van der Waals surface area contributed by atoms with Crippen LogP contribution in [-0.4, -0.2) is 30.8 Å². The number of amides is 1. The van der Waals surface area contributed by atoms with Crippen LogP contribution in [0.2, 0.25) is 0 Å². The average molecular weight is 240 g/mol. The van der Waals surface area contributed by atoms with Crippen LogP contribution < -0.4 is 10.8 Å². The summed E-state index contributed by atoms with van der Waals surface area (Å²) in [5.41, 5.74) is 0.998. The van der Waals surface area contributed by atoms with Crippen molar-refractivity contribution in [3.63, 3.8) is 0 Å². The van der Waals surface area contributed by atoms with Crippen molar-refractivity contribution in [3.05, 3.63) is 0 Å². The van der Waals surface area contributed by atoms with Crippen molar-refractivity contribution in [1.82, 2.24) is 10.8 Å². The number of hydrogen-bond donors (Lipinski definition) is 2. The lowest BCUT2D eigenvalue weighted by Crippen LogP contribution is -2.57.